The molecule has 2 fully saturated rings. The summed E-state index contributed by atoms with van der Waals surface area (Å²) in [6, 6.07) is 0.360. The van der Waals surface area contributed by atoms with E-state index in [0.717, 1.165) is 26.2 Å². The Morgan fingerprint density at radius 3 is 2.86 bits per heavy atom. The lowest BCUT2D eigenvalue weighted by Gasteiger charge is -2.35. The molecular formula is C10H20N2OS. The number of thioether (sulfide) groups is 1. The third-order valence-corrected chi connectivity index (χ3v) is 4.07. The fourth-order valence-corrected chi connectivity index (χ4v) is 3.10. The summed E-state index contributed by atoms with van der Waals surface area (Å²) >= 11 is 2.06. The van der Waals surface area contributed by atoms with Crippen LogP contribution in [0.4, 0.5) is 0 Å². The molecule has 0 aromatic heterocycles. The molecule has 2 atom stereocenters. The minimum Gasteiger partial charge on any atom is -0.381 e. The van der Waals surface area contributed by atoms with E-state index in [9.17, 15) is 0 Å². The summed E-state index contributed by atoms with van der Waals surface area (Å²) in [4.78, 5) is 2.54. The molecule has 2 rings (SSSR count). The van der Waals surface area contributed by atoms with Crippen molar-refractivity contribution in [1.29, 1.82) is 0 Å². The number of hydrogen-bond acceptors (Lipinski definition) is 4. The molecule has 0 amide bonds. The van der Waals surface area contributed by atoms with Crippen molar-refractivity contribution in [2.45, 2.75) is 12.5 Å². The van der Waals surface area contributed by atoms with Crippen LogP contribution in [0.3, 0.4) is 0 Å². The van der Waals surface area contributed by atoms with Crippen LogP contribution in [0.25, 0.3) is 0 Å². The second-order valence-corrected chi connectivity index (χ2v) is 5.43. The second-order valence-electron chi connectivity index (χ2n) is 4.20. The average molecular weight is 216 g/mol. The first-order valence-electron chi connectivity index (χ1n) is 5.49. The van der Waals surface area contributed by atoms with Crippen molar-refractivity contribution in [2.24, 2.45) is 11.7 Å². The van der Waals surface area contributed by atoms with Gasteiger partial charge in [-0.05, 0) is 6.42 Å². The first-order valence-corrected chi connectivity index (χ1v) is 6.65. The smallest absolute Gasteiger partial charge is 0.0521 e. The third kappa shape index (κ3) is 2.86. The Hall–Kier alpha value is 0.230. The lowest BCUT2D eigenvalue weighted by Crippen LogP contribution is -2.47. The van der Waals surface area contributed by atoms with Gasteiger partial charge in [0.2, 0.25) is 0 Å². The minimum atomic E-state index is 0.360. The summed E-state index contributed by atoms with van der Waals surface area (Å²) in [6.07, 6.45) is 1.03. The van der Waals surface area contributed by atoms with Gasteiger partial charge in [0.1, 0.15) is 0 Å². The Bertz CT molecular complexity index is 174. The van der Waals surface area contributed by atoms with Gasteiger partial charge in [-0.2, -0.15) is 11.8 Å². The van der Waals surface area contributed by atoms with Gasteiger partial charge in [-0.25, -0.2) is 0 Å². The van der Waals surface area contributed by atoms with Gasteiger partial charge in [-0.15, -0.1) is 0 Å². The predicted octanol–water partition coefficient (Wildman–Crippen LogP) is 0.399. The van der Waals surface area contributed by atoms with Crippen LogP contribution < -0.4 is 5.73 Å². The molecule has 0 spiro atoms. The molecule has 0 bridgehead atoms. The molecule has 14 heavy (non-hydrogen) atoms. The second kappa shape index (κ2) is 5.35. The molecule has 0 radical (unpaired) electrons. The van der Waals surface area contributed by atoms with Gasteiger partial charge in [0.05, 0.1) is 6.61 Å². The Morgan fingerprint density at radius 2 is 2.14 bits per heavy atom. The van der Waals surface area contributed by atoms with E-state index in [2.05, 4.69) is 16.7 Å². The highest BCUT2D eigenvalue weighted by Crippen LogP contribution is 2.17. The molecule has 2 unspecified atom stereocenters. The number of rotatable bonds is 2. The van der Waals surface area contributed by atoms with E-state index in [0.29, 0.717) is 12.0 Å². The van der Waals surface area contributed by atoms with Crippen LogP contribution in [0.15, 0.2) is 0 Å². The van der Waals surface area contributed by atoms with Crippen LogP contribution in [-0.4, -0.2) is 55.3 Å². The van der Waals surface area contributed by atoms with Crippen molar-refractivity contribution in [3.63, 3.8) is 0 Å². The number of nitrogens with zero attached hydrogens (tertiary/aromatic N) is 1. The zero-order valence-corrected chi connectivity index (χ0v) is 9.47. The summed E-state index contributed by atoms with van der Waals surface area (Å²) in [5.41, 5.74) is 6.08. The molecule has 0 aromatic rings. The average Bonchev–Trinajstić information content (AvgIpc) is 2.23. The van der Waals surface area contributed by atoms with Gasteiger partial charge in [0, 0.05) is 49.7 Å². The number of ether oxygens (including phenoxy) is 1. The standard InChI is InChI=1S/C10H20N2OS/c11-10-1-4-13-8-9(10)7-12-2-5-14-6-3-12/h9-10H,1-8,11H2. The van der Waals surface area contributed by atoms with Crippen LogP contribution in [0.1, 0.15) is 6.42 Å². The summed E-state index contributed by atoms with van der Waals surface area (Å²) in [5, 5.41) is 0. The van der Waals surface area contributed by atoms with Gasteiger partial charge in [-0.3, -0.25) is 0 Å². The molecule has 2 N–H and O–H groups in total. The Kier molecular flexibility index (Phi) is 4.10. The van der Waals surface area contributed by atoms with E-state index < -0.39 is 0 Å². The van der Waals surface area contributed by atoms with Crippen LogP contribution >= 0.6 is 11.8 Å². The van der Waals surface area contributed by atoms with E-state index in [1.807, 2.05) is 0 Å². The predicted molar refractivity (Wildman–Crippen MR) is 60.7 cm³/mol. The molecule has 3 nitrogen and oxygen atoms in total. The molecule has 2 aliphatic heterocycles. The van der Waals surface area contributed by atoms with Crippen LogP contribution in [0, 0.1) is 5.92 Å². The maximum atomic E-state index is 6.08. The molecule has 0 aliphatic carbocycles. The molecule has 2 heterocycles. The zero-order valence-electron chi connectivity index (χ0n) is 8.65. The van der Waals surface area contributed by atoms with Gasteiger partial charge in [0.25, 0.3) is 0 Å². The molecule has 0 saturated carbocycles. The van der Waals surface area contributed by atoms with Gasteiger partial charge in [-0.1, -0.05) is 0 Å². The van der Waals surface area contributed by atoms with E-state index in [4.69, 9.17) is 10.5 Å². The van der Waals surface area contributed by atoms with Crippen LogP contribution in [-0.2, 0) is 4.74 Å². The van der Waals surface area contributed by atoms with Crippen molar-refractivity contribution in [3.8, 4) is 0 Å². The van der Waals surface area contributed by atoms with Crippen molar-refractivity contribution >= 4 is 11.8 Å². The summed E-state index contributed by atoms with van der Waals surface area (Å²) in [7, 11) is 0. The number of hydrogen-bond donors (Lipinski definition) is 1. The number of nitrogens with two attached hydrogens (primary N) is 1. The van der Waals surface area contributed by atoms with Crippen molar-refractivity contribution < 1.29 is 4.74 Å². The van der Waals surface area contributed by atoms with Crippen molar-refractivity contribution in [1.82, 2.24) is 4.90 Å². The Balaban J connectivity index is 1.76. The third-order valence-electron chi connectivity index (χ3n) is 3.13. The SMILES string of the molecule is NC1CCOCC1CN1CCSCC1. The van der Waals surface area contributed by atoms with Gasteiger partial charge >= 0.3 is 0 Å². The highest BCUT2D eigenvalue weighted by Gasteiger charge is 2.25. The maximum Gasteiger partial charge on any atom is 0.0521 e. The minimum absolute atomic E-state index is 0.360. The van der Waals surface area contributed by atoms with Gasteiger partial charge in [0.15, 0.2) is 0 Å². The molecule has 2 saturated heterocycles. The van der Waals surface area contributed by atoms with Gasteiger partial charge < -0.3 is 15.4 Å². The lowest BCUT2D eigenvalue weighted by atomic mass is 9.96. The Morgan fingerprint density at radius 1 is 1.36 bits per heavy atom. The molecule has 82 valence electrons. The maximum absolute atomic E-state index is 6.08. The fourth-order valence-electron chi connectivity index (χ4n) is 2.12. The van der Waals surface area contributed by atoms with Crippen LogP contribution in [0.2, 0.25) is 0 Å². The van der Waals surface area contributed by atoms with Crippen molar-refractivity contribution in [3.05, 3.63) is 0 Å². The Labute approximate surface area is 90.3 Å². The normalized spacial score (nSPS) is 35.8. The molecule has 0 aromatic carbocycles. The largest absolute Gasteiger partial charge is 0.381 e. The quantitative estimate of drug-likeness (QED) is 0.725. The first-order chi connectivity index (χ1) is 6.86. The first kappa shape index (κ1) is 10.7. The van der Waals surface area contributed by atoms with E-state index >= 15 is 0 Å². The van der Waals surface area contributed by atoms with Crippen LogP contribution in [0.5, 0.6) is 0 Å². The highest BCUT2D eigenvalue weighted by molar-refractivity contribution is 7.99. The molecule has 2 aliphatic rings. The fraction of sp³-hybridized carbons (Fsp3) is 1.00. The highest BCUT2D eigenvalue weighted by atomic mass is 32.2. The summed E-state index contributed by atoms with van der Waals surface area (Å²) < 4.78 is 5.48. The zero-order chi connectivity index (χ0) is 9.80. The van der Waals surface area contributed by atoms with E-state index in [1.165, 1.54) is 24.6 Å². The summed E-state index contributed by atoms with van der Waals surface area (Å²) in [5.74, 6) is 3.12. The molecular weight excluding hydrogens is 196 g/mol. The van der Waals surface area contributed by atoms with E-state index in [1.54, 1.807) is 0 Å². The van der Waals surface area contributed by atoms with E-state index in [-0.39, 0.29) is 0 Å². The topological polar surface area (TPSA) is 38.5 Å². The molecule has 4 heteroatoms. The monoisotopic (exact) mass is 216 g/mol. The summed E-state index contributed by atoms with van der Waals surface area (Å²) in [6.45, 7) is 5.32. The van der Waals surface area contributed by atoms with Crippen molar-refractivity contribution in [2.75, 3.05) is 44.4 Å². The lowest BCUT2D eigenvalue weighted by molar-refractivity contribution is 0.0274.